The number of carbonyl (C=O) groups is 1. The molecule has 0 aliphatic carbocycles. The van der Waals surface area contributed by atoms with Crippen molar-refractivity contribution in [2.45, 2.75) is 50.8 Å². The minimum absolute atomic E-state index is 0.0240. The van der Waals surface area contributed by atoms with E-state index in [9.17, 15) is 4.79 Å². The molecule has 4 heteroatoms. The van der Waals surface area contributed by atoms with Crippen LogP contribution in [0.2, 0.25) is 0 Å². The van der Waals surface area contributed by atoms with Gasteiger partial charge in [0.25, 0.3) is 0 Å². The number of thioether (sulfide) groups is 1. The molecule has 1 amide bonds. The minimum Gasteiger partial charge on any atom is -0.355 e. The molecular formula is C12H24N2OS. The quantitative estimate of drug-likeness (QED) is 0.775. The van der Waals surface area contributed by atoms with Crippen LogP contribution in [-0.4, -0.2) is 29.0 Å². The summed E-state index contributed by atoms with van der Waals surface area (Å²) < 4.78 is 0.248. The molecule has 3 N–H and O–H groups in total. The van der Waals surface area contributed by atoms with E-state index in [1.54, 1.807) is 0 Å². The normalized spacial score (nSPS) is 27.1. The Labute approximate surface area is 103 Å². The first-order valence-electron chi connectivity index (χ1n) is 6.09. The number of nitrogens with two attached hydrogens (primary N) is 1. The number of carbonyl (C=O) groups excluding carboxylic acids is 1. The van der Waals surface area contributed by atoms with Gasteiger partial charge in [0.05, 0.1) is 0 Å². The molecule has 0 aromatic carbocycles. The zero-order chi connectivity index (χ0) is 12.2. The van der Waals surface area contributed by atoms with Crippen molar-refractivity contribution < 1.29 is 4.79 Å². The topological polar surface area (TPSA) is 55.1 Å². The molecule has 1 rings (SSSR count). The van der Waals surface area contributed by atoms with E-state index in [4.69, 9.17) is 5.73 Å². The third-order valence-electron chi connectivity index (χ3n) is 3.24. The summed E-state index contributed by atoms with van der Waals surface area (Å²) in [5, 5.41) is 3.01. The molecule has 0 spiro atoms. The van der Waals surface area contributed by atoms with E-state index in [2.05, 4.69) is 12.2 Å². The zero-order valence-corrected chi connectivity index (χ0v) is 11.4. The molecular weight excluding hydrogens is 220 g/mol. The Bertz CT molecular complexity index is 237. The molecule has 1 saturated heterocycles. The van der Waals surface area contributed by atoms with Crippen molar-refractivity contribution in [2.24, 2.45) is 11.7 Å². The van der Waals surface area contributed by atoms with Crippen molar-refractivity contribution >= 4 is 17.7 Å². The lowest BCUT2D eigenvalue weighted by Gasteiger charge is -2.23. The van der Waals surface area contributed by atoms with Gasteiger partial charge in [-0.1, -0.05) is 13.8 Å². The third kappa shape index (κ3) is 4.34. The first-order valence-corrected chi connectivity index (χ1v) is 7.08. The molecule has 0 aromatic rings. The Hall–Kier alpha value is -0.220. The molecule has 2 atom stereocenters. The predicted octanol–water partition coefficient (Wildman–Crippen LogP) is 1.76. The van der Waals surface area contributed by atoms with Crippen LogP contribution in [0.3, 0.4) is 0 Å². The van der Waals surface area contributed by atoms with Crippen LogP contribution in [0.4, 0.5) is 0 Å². The molecule has 94 valence electrons. The molecule has 16 heavy (non-hydrogen) atoms. The summed E-state index contributed by atoms with van der Waals surface area (Å²) in [5.41, 5.74) is 5.87. The molecule has 0 radical (unpaired) electrons. The third-order valence-corrected chi connectivity index (χ3v) is 4.78. The van der Waals surface area contributed by atoms with Crippen molar-refractivity contribution in [3.8, 4) is 0 Å². The second kappa shape index (κ2) is 5.92. The highest BCUT2D eigenvalue weighted by Gasteiger charge is 2.29. The number of amides is 1. The van der Waals surface area contributed by atoms with Gasteiger partial charge in [-0.3, -0.25) is 4.79 Å². The summed E-state index contributed by atoms with van der Waals surface area (Å²) in [6.45, 7) is 7.10. The highest BCUT2D eigenvalue weighted by Crippen LogP contribution is 2.36. The van der Waals surface area contributed by atoms with Gasteiger partial charge in [0.1, 0.15) is 0 Å². The van der Waals surface area contributed by atoms with E-state index < -0.39 is 0 Å². The molecule has 0 aromatic heterocycles. The lowest BCUT2D eigenvalue weighted by Crippen LogP contribution is -2.40. The van der Waals surface area contributed by atoms with Crippen LogP contribution >= 0.6 is 11.8 Å². The monoisotopic (exact) mass is 244 g/mol. The first kappa shape index (κ1) is 13.8. The Morgan fingerprint density at radius 3 is 2.75 bits per heavy atom. The fraction of sp³-hybridized carbons (Fsp3) is 0.917. The first-order chi connectivity index (χ1) is 7.43. The van der Waals surface area contributed by atoms with Gasteiger partial charge >= 0.3 is 0 Å². The summed E-state index contributed by atoms with van der Waals surface area (Å²) in [5.74, 6) is 1.68. The van der Waals surface area contributed by atoms with E-state index >= 15 is 0 Å². The highest BCUT2D eigenvalue weighted by atomic mass is 32.2. The number of nitrogens with one attached hydrogen (secondary N) is 1. The van der Waals surface area contributed by atoms with Crippen molar-refractivity contribution in [1.82, 2.24) is 5.32 Å². The van der Waals surface area contributed by atoms with Gasteiger partial charge in [-0.15, -0.1) is 0 Å². The van der Waals surface area contributed by atoms with Gasteiger partial charge < -0.3 is 11.1 Å². The number of hydrogen-bond acceptors (Lipinski definition) is 3. The van der Waals surface area contributed by atoms with Crippen molar-refractivity contribution in [2.75, 3.05) is 12.3 Å². The lowest BCUT2D eigenvalue weighted by molar-refractivity contribution is -0.121. The van der Waals surface area contributed by atoms with E-state index in [-0.39, 0.29) is 16.7 Å². The van der Waals surface area contributed by atoms with Gasteiger partial charge in [-0.2, -0.15) is 11.8 Å². The molecule has 3 nitrogen and oxygen atoms in total. The van der Waals surface area contributed by atoms with Crippen LogP contribution in [0.15, 0.2) is 0 Å². The largest absolute Gasteiger partial charge is 0.355 e. The summed E-state index contributed by atoms with van der Waals surface area (Å²) in [6.07, 6.45) is 2.91. The maximum Gasteiger partial charge on any atom is 0.221 e. The van der Waals surface area contributed by atoms with Crippen molar-refractivity contribution in [3.63, 3.8) is 0 Å². The Morgan fingerprint density at radius 2 is 2.25 bits per heavy atom. The Kier molecular flexibility index (Phi) is 5.12. The maximum absolute atomic E-state index is 11.7. The van der Waals surface area contributed by atoms with Gasteiger partial charge in [-0.05, 0) is 31.4 Å². The maximum atomic E-state index is 11.7. The average molecular weight is 244 g/mol. The SMILES string of the molecule is CC(C)C(N)CC(=O)NCC1(C)CCCS1. The smallest absolute Gasteiger partial charge is 0.221 e. The predicted molar refractivity (Wildman–Crippen MR) is 70.5 cm³/mol. The van der Waals surface area contributed by atoms with E-state index in [1.165, 1.54) is 18.6 Å². The van der Waals surface area contributed by atoms with Crippen LogP contribution in [-0.2, 0) is 4.79 Å². The second-order valence-electron chi connectivity index (χ2n) is 5.29. The summed E-state index contributed by atoms with van der Waals surface area (Å²) in [6, 6.07) is -0.0240. The molecule has 2 unspecified atom stereocenters. The van der Waals surface area contributed by atoms with Crippen LogP contribution in [0.25, 0.3) is 0 Å². The van der Waals surface area contributed by atoms with Gasteiger partial charge in [0, 0.05) is 23.8 Å². The van der Waals surface area contributed by atoms with Crippen LogP contribution in [0.1, 0.15) is 40.0 Å². The molecule has 0 bridgehead atoms. The van der Waals surface area contributed by atoms with E-state index in [1.807, 2.05) is 25.6 Å². The van der Waals surface area contributed by atoms with Gasteiger partial charge in [0.15, 0.2) is 0 Å². The number of rotatable bonds is 5. The molecule has 1 fully saturated rings. The summed E-state index contributed by atoms with van der Waals surface area (Å²) >= 11 is 1.97. The van der Waals surface area contributed by atoms with Crippen molar-refractivity contribution in [1.29, 1.82) is 0 Å². The lowest BCUT2D eigenvalue weighted by atomic mass is 10.0. The molecule has 1 aliphatic rings. The summed E-state index contributed by atoms with van der Waals surface area (Å²) in [4.78, 5) is 11.7. The standard InChI is InChI=1S/C12H24N2OS/c1-9(2)10(13)7-11(15)14-8-12(3)5-4-6-16-12/h9-10H,4-8,13H2,1-3H3,(H,14,15). The molecule has 0 saturated carbocycles. The second-order valence-corrected chi connectivity index (χ2v) is 6.97. The fourth-order valence-corrected chi connectivity index (χ4v) is 3.03. The van der Waals surface area contributed by atoms with Gasteiger partial charge in [0.2, 0.25) is 5.91 Å². The van der Waals surface area contributed by atoms with E-state index in [0.29, 0.717) is 12.3 Å². The zero-order valence-electron chi connectivity index (χ0n) is 10.6. The Balaban J connectivity index is 2.24. The fourth-order valence-electron chi connectivity index (χ4n) is 1.78. The van der Waals surface area contributed by atoms with Crippen LogP contribution < -0.4 is 11.1 Å². The molecule has 1 aliphatic heterocycles. The van der Waals surface area contributed by atoms with Crippen LogP contribution in [0.5, 0.6) is 0 Å². The van der Waals surface area contributed by atoms with Crippen LogP contribution in [0, 0.1) is 5.92 Å². The number of hydrogen-bond donors (Lipinski definition) is 2. The summed E-state index contributed by atoms with van der Waals surface area (Å²) in [7, 11) is 0. The van der Waals surface area contributed by atoms with Crippen molar-refractivity contribution in [3.05, 3.63) is 0 Å². The molecule has 1 heterocycles. The van der Waals surface area contributed by atoms with E-state index in [0.717, 1.165) is 6.54 Å². The highest BCUT2D eigenvalue weighted by molar-refractivity contribution is 8.00. The average Bonchev–Trinajstić information content (AvgIpc) is 2.63. The minimum atomic E-state index is -0.0240. The Morgan fingerprint density at radius 1 is 1.56 bits per heavy atom. The van der Waals surface area contributed by atoms with Gasteiger partial charge in [-0.25, -0.2) is 0 Å².